The van der Waals surface area contributed by atoms with Crippen molar-refractivity contribution in [3.05, 3.63) is 23.9 Å². The Balaban J connectivity index is 2.32. The van der Waals surface area contributed by atoms with Crippen LogP contribution in [0.25, 0.3) is 5.65 Å². The molecule has 2 aromatic rings. The molecule has 0 N–H and O–H groups in total. The Labute approximate surface area is 75.6 Å². The van der Waals surface area contributed by atoms with Crippen LogP contribution in [0.5, 0.6) is 0 Å². The molecule has 0 saturated heterocycles. The van der Waals surface area contributed by atoms with E-state index in [-0.39, 0.29) is 0 Å². The highest BCUT2D eigenvalue weighted by molar-refractivity contribution is 5.42. The summed E-state index contributed by atoms with van der Waals surface area (Å²) < 4.78 is 2.06. The molecule has 1 saturated carbocycles. The molecular weight excluding hydrogens is 164 g/mol. The maximum Gasteiger partial charge on any atom is 0.182 e. The lowest BCUT2D eigenvalue weighted by Gasteiger charge is -1.97. The molecule has 0 aromatic carbocycles. The molecule has 0 radical (unpaired) electrons. The van der Waals surface area contributed by atoms with Crippen LogP contribution in [0.1, 0.15) is 30.3 Å². The molecule has 2 heterocycles. The summed E-state index contributed by atoms with van der Waals surface area (Å²) in [7, 11) is 0. The lowest BCUT2D eigenvalue weighted by atomic mass is 10.4. The molecule has 0 aliphatic heterocycles. The van der Waals surface area contributed by atoms with E-state index in [4.69, 9.17) is 0 Å². The Morgan fingerprint density at radius 3 is 3.00 bits per heavy atom. The van der Waals surface area contributed by atoms with E-state index in [1.165, 1.54) is 12.8 Å². The van der Waals surface area contributed by atoms with Crippen molar-refractivity contribution in [1.29, 1.82) is 0 Å². The number of hydrogen-bond donors (Lipinski definition) is 0. The standard InChI is InChI=1S/C9H10N4/c1-6-8-11-12-9(7-2-3-7)13(8)5-4-10-6/h4-5,7H,2-3H2,1H3. The van der Waals surface area contributed by atoms with Gasteiger partial charge in [-0.15, -0.1) is 10.2 Å². The van der Waals surface area contributed by atoms with Gasteiger partial charge in [0.1, 0.15) is 5.82 Å². The topological polar surface area (TPSA) is 43.1 Å². The minimum absolute atomic E-state index is 0.636. The molecule has 66 valence electrons. The number of hydrogen-bond acceptors (Lipinski definition) is 3. The van der Waals surface area contributed by atoms with Gasteiger partial charge in [0.15, 0.2) is 5.65 Å². The molecule has 2 aromatic heterocycles. The third-order valence-electron chi connectivity index (χ3n) is 2.47. The van der Waals surface area contributed by atoms with Crippen LogP contribution in [0.15, 0.2) is 12.4 Å². The molecular formula is C9H10N4. The Kier molecular flexibility index (Phi) is 1.23. The van der Waals surface area contributed by atoms with Crippen molar-refractivity contribution in [3.8, 4) is 0 Å². The minimum Gasteiger partial charge on any atom is -0.283 e. The van der Waals surface area contributed by atoms with Gasteiger partial charge >= 0.3 is 0 Å². The van der Waals surface area contributed by atoms with E-state index in [1.54, 1.807) is 6.20 Å². The van der Waals surface area contributed by atoms with Gasteiger partial charge in [-0.3, -0.25) is 9.38 Å². The summed E-state index contributed by atoms with van der Waals surface area (Å²) in [4.78, 5) is 4.18. The first-order valence-electron chi connectivity index (χ1n) is 4.52. The van der Waals surface area contributed by atoms with Gasteiger partial charge in [0, 0.05) is 18.3 Å². The number of fused-ring (bicyclic) bond motifs is 1. The zero-order valence-corrected chi connectivity index (χ0v) is 7.44. The number of aryl methyl sites for hydroxylation is 1. The molecule has 0 bridgehead atoms. The fourth-order valence-electron chi connectivity index (χ4n) is 1.59. The molecule has 13 heavy (non-hydrogen) atoms. The van der Waals surface area contributed by atoms with Gasteiger partial charge in [0.25, 0.3) is 0 Å². The number of rotatable bonds is 1. The van der Waals surface area contributed by atoms with Gasteiger partial charge in [-0.25, -0.2) is 0 Å². The van der Waals surface area contributed by atoms with E-state index in [0.717, 1.165) is 17.2 Å². The van der Waals surface area contributed by atoms with Crippen molar-refractivity contribution < 1.29 is 0 Å². The zero-order chi connectivity index (χ0) is 8.84. The van der Waals surface area contributed by atoms with E-state index >= 15 is 0 Å². The van der Waals surface area contributed by atoms with Crippen LogP contribution >= 0.6 is 0 Å². The van der Waals surface area contributed by atoms with Crippen molar-refractivity contribution in [1.82, 2.24) is 19.6 Å². The molecule has 0 amide bonds. The number of nitrogens with zero attached hydrogens (tertiary/aromatic N) is 4. The highest BCUT2D eigenvalue weighted by Crippen LogP contribution is 2.38. The van der Waals surface area contributed by atoms with Crippen LogP contribution in [-0.2, 0) is 0 Å². The fourth-order valence-corrected chi connectivity index (χ4v) is 1.59. The van der Waals surface area contributed by atoms with Gasteiger partial charge in [-0.2, -0.15) is 0 Å². The van der Waals surface area contributed by atoms with Crippen molar-refractivity contribution in [2.24, 2.45) is 0 Å². The Morgan fingerprint density at radius 1 is 1.38 bits per heavy atom. The molecule has 0 atom stereocenters. The minimum atomic E-state index is 0.636. The molecule has 0 spiro atoms. The molecule has 3 rings (SSSR count). The Morgan fingerprint density at radius 2 is 2.23 bits per heavy atom. The molecule has 1 fully saturated rings. The van der Waals surface area contributed by atoms with Crippen LogP contribution in [0.2, 0.25) is 0 Å². The zero-order valence-electron chi connectivity index (χ0n) is 7.44. The number of aromatic nitrogens is 4. The van der Waals surface area contributed by atoms with E-state index in [2.05, 4.69) is 19.6 Å². The van der Waals surface area contributed by atoms with E-state index < -0.39 is 0 Å². The highest BCUT2D eigenvalue weighted by atomic mass is 15.3. The summed E-state index contributed by atoms with van der Waals surface area (Å²) in [5.74, 6) is 1.73. The summed E-state index contributed by atoms with van der Waals surface area (Å²) in [6.07, 6.45) is 6.25. The van der Waals surface area contributed by atoms with Crippen molar-refractivity contribution in [2.75, 3.05) is 0 Å². The lowest BCUT2D eigenvalue weighted by molar-refractivity contribution is 0.893. The summed E-state index contributed by atoms with van der Waals surface area (Å²) in [5.41, 5.74) is 1.84. The highest BCUT2D eigenvalue weighted by Gasteiger charge is 2.28. The summed E-state index contributed by atoms with van der Waals surface area (Å²) >= 11 is 0. The maximum atomic E-state index is 4.19. The second kappa shape index (κ2) is 2.28. The third kappa shape index (κ3) is 0.946. The summed E-state index contributed by atoms with van der Waals surface area (Å²) in [5, 5.41) is 8.32. The average molecular weight is 174 g/mol. The van der Waals surface area contributed by atoms with Gasteiger partial charge in [0.2, 0.25) is 0 Å². The third-order valence-corrected chi connectivity index (χ3v) is 2.47. The van der Waals surface area contributed by atoms with Crippen LogP contribution < -0.4 is 0 Å². The predicted octanol–water partition coefficient (Wildman–Crippen LogP) is 1.31. The van der Waals surface area contributed by atoms with Crippen LogP contribution in [0, 0.1) is 6.92 Å². The monoisotopic (exact) mass is 174 g/mol. The lowest BCUT2D eigenvalue weighted by Crippen LogP contribution is -1.94. The van der Waals surface area contributed by atoms with Gasteiger partial charge in [0.05, 0.1) is 5.69 Å². The predicted molar refractivity (Wildman–Crippen MR) is 47.5 cm³/mol. The van der Waals surface area contributed by atoms with Crippen molar-refractivity contribution >= 4 is 5.65 Å². The first-order valence-corrected chi connectivity index (χ1v) is 4.52. The van der Waals surface area contributed by atoms with Gasteiger partial charge in [-0.05, 0) is 19.8 Å². The maximum absolute atomic E-state index is 4.19. The normalized spacial score (nSPS) is 16.7. The molecule has 1 aliphatic carbocycles. The van der Waals surface area contributed by atoms with Crippen molar-refractivity contribution in [3.63, 3.8) is 0 Å². The SMILES string of the molecule is Cc1nccn2c(C3CC3)nnc12. The van der Waals surface area contributed by atoms with Crippen LogP contribution in [0.3, 0.4) is 0 Å². The smallest absolute Gasteiger partial charge is 0.182 e. The largest absolute Gasteiger partial charge is 0.283 e. The summed E-state index contributed by atoms with van der Waals surface area (Å²) in [6.45, 7) is 1.96. The Bertz CT molecular complexity index is 456. The molecule has 4 nitrogen and oxygen atoms in total. The second-order valence-electron chi connectivity index (χ2n) is 3.54. The average Bonchev–Trinajstić information content (AvgIpc) is 2.87. The quantitative estimate of drug-likeness (QED) is 0.654. The van der Waals surface area contributed by atoms with Crippen molar-refractivity contribution in [2.45, 2.75) is 25.7 Å². The van der Waals surface area contributed by atoms with Crippen LogP contribution in [-0.4, -0.2) is 19.6 Å². The Hall–Kier alpha value is -1.45. The first kappa shape index (κ1) is 7.00. The molecule has 1 aliphatic rings. The second-order valence-corrected chi connectivity index (χ2v) is 3.54. The van der Waals surface area contributed by atoms with Crippen LogP contribution in [0.4, 0.5) is 0 Å². The van der Waals surface area contributed by atoms with Gasteiger partial charge < -0.3 is 0 Å². The summed E-state index contributed by atoms with van der Waals surface area (Å²) in [6, 6.07) is 0. The fraction of sp³-hybridized carbons (Fsp3) is 0.444. The molecule has 0 unspecified atom stereocenters. The van der Waals surface area contributed by atoms with E-state index in [0.29, 0.717) is 5.92 Å². The molecule has 4 heteroatoms. The van der Waals surface area contributed by atoms with Gasteiger partial charge in [-0.1, -0.05) is 0 Å². The first-order chi connectivity index (χ1) is 6.36. The van der Waals surface area contributed by atoms with E-state index in [9.17, 15) is 0 Å². The van der Waals surface area contributed by atoms with E-state index in [1.807, 2.05) is 13.1 Å².